The minimum Gasteiger partial charge on any atom is -0.456 e. The van der Waals surface area contributed by atoms with Crippen LogP contribution in [0.15, 0.2) is 192 Å². The van der Waals surface area contributed by atoms with Gasteiger partial charge in [0.1, 0.15) is 11.2 Å². The van der Waals surface area contributed by atoms with E-state index in [0.29, 0.717) is 0 Å². The predicted molar refractivity (Wildman–Crippen MR) is 244 cm³/mol. The first kappa shape index (κ1) is 31.5. The van der Waals surface area contributed by atoms with Crippen LogP contribution in [0.5, 0.6) is 0 Å². The molecule has 3 nitrogen and oxygen atoms in total. The van der Waals surface area contributed by atoms with Crippen LogP contribution in [0.3, 0.4) is 0 Å². The average molecular weight is 751 g/mol. The molecule has 0 unspecified atom stereocenters. The van der Waals surface area contributed by atoms with Gasteiger partial charge in [0, 0.05) is 43.9 Å². The van der Waals surface area contributed by atoms with E-state index < -0.39 is 5.41 Å². The number of furan rings is 1. The van der Waals surface area contributed by atoms with E-state index in [9.17, 15) is 0 Å². The summed E-state index contributed by atoms with van der Waals surface area (Å²) in [5.41, 5.74) is 20.3. The topological polar surface area (TPSA) is 20.8 Å². The van der Waals surface area contributed by atoms with Crippen LogP contribution >= 0.6 is 0 Å². The summed E-state index contributed by atoms with van der Waals surface area (Å²) in [6.45, 7) is 2.17. The van der Waals surface area contributed by atoms with Crippen molar-refractivity contribution in [3.05, 3.63) is 216 Å². The van der Waals surface area contributed by atoms with Crippen molar-refractivity contribution in [3.8, 4) is 22.3 Å². The average Bonchev–Trinajstić information content (AvgIpc) is 4.07. The van der Waals surface area contributed by atoms with Crippen LogP contribution < -0.4 is 4.90 Å². The fourth-order valence-electron chi connectivity index (χ4n) is 11.4. The predicted octanol–water partition coefficient (Wildman–Crippen LogP) is 14.9. The summed E-state index contributed by atoms with van der Waals surface area (Å²) < 4.78 is 9.06. The second kappa shape index (κ2) is 11.1. The number of nitrogens with zero attached hydrogens (tertiary/aromatic N) is 2. The SMILES string of the molecule is Cc1cccc(N(c2ccc3c4cccc5c6ccc7c(c6n(c3c2)c45)-c2ccccc2C72c3ccccc3-c3ccccc32)c2cccc3oc4ccccc4c23)c1. The van der Waals surface area contributed by atoms with Gasteiger partial charge in [-0.2, -0.15) is 0 Å². The lowest BCUT2D eigenvalue weighted by atomic mass is 9.70. The number of fused-ring (bicyclic) bond motifs is 20. The molecule has 0 N–H and O–H groups in total. The van der Waals surface area contributed by atoms with Gasteiger partial charge in [-0.05, 0) is 93.9 Å². The minimum absolute atomic E-state index is 0.413. The summed E-state index contributed by atoms with van der Waals surface area (Å²) in [6, 6.07) is 69.8. The van der Waals surface area contributed by atoms with Crippen LogP contribution in [-0.2, 0) is 5.41 Å². The van der Waals surface area contributed by atoms with E-state index in [1.165, 1.54) is 88.2 Å². The maximum absolute atomic E-state index is 6.46. The van der Waals surface area contributed by atoms with Crippen LogP contribution in [0.4, 0.5) is 17.1 Å². The quantitative estimate of drug-likeness (QED) is 0.179. The smallest absolute Gasteiger partial charge is 0.137 e. The second-order valence-electron chi connectivity index (χ2n) is 16.4. The zero-order valence-corrected chi connectivity index (χ0v) is 32.2. The molecule has 3 heterocycles. The molecule has 2 aliphatic rings. The van der Waals surface area contributed by atoms with Crippen molar-refractivity contribution in [2.75, 3.05) is 4.90 Å². The molecule has 0 saturated carbocycles. The van der Waals surface area contributed by atoms with Crippen LogP contribution in [0.1, 0.15) is 27.8 Å². The van der Waals surface area contributed by atoms with E-state index in [0.717, 1.165) is 39.0 Å². The number of benzene rings is 9. The molecule has 0 amide bonds. The highest BCUT2D eigenvalue weighted by molar-refractivity contribution is 6.26. The Bertz CT molecular complexity index is 3720. The summed E-state index contributed by atoms with van der Waals surface area (Å²) in [6.07, 6.45) is 0. The monoisotopic (exact) mass is 750 g/mol. The maximum Gasteiger partial charge on any atom is 0.137 e. The number of aromatic nitrogens is 1. The number of anilines is 3. The highest BCUT2D eigenvalue weighted by Crippen LogP contribution is 2.64. The van der Waals surface area contributed by atoms with Crippen molar-refractivity contribution in [2.24, 2.45) is 0 Å². The van der Waals surface area contributed by atoms with E-state index in [2.05, 4.69) is 198 Å². The first-order chi connectivity index (χ1) is 29.2. The van der Waals surface area contributed by atoms with E-state index in [1.54, 1.807) is 0 Å². The van der Waals surface area contributed by atoms with Crippen LogP contribution in [0, 0.1) is 6.92 Å². The molecule has 0 fully saturated rings. The molecule has 0 aliphatic heterocycles. The molecule has 0 radical (unpaired) electrons. The minimum atomic E-state index is -0.413. The fraction of sp³-hybridized carbons (Fsp3) is 0.0357. The zero-order valence-electron chi connectivity index (χ0n) is 32.2. The van der Waals surface area contributed by atoms with E-state index in [1.807, 2.05) is 6.07 Å². The molecule has 1 spiro atoms. The highest BCUT2D eigenvalue weighted by atomic mass is 16.3. The maximum atomic E-state index is 6.46. The standard InChI is InChI=1S/C56H34N2O/c1-33-13-10-14-34(31-33)57(48-24-12-26-51-53(48)43-18-5-9-25-50(43)59-51)35-27-28-38-39-19-11-20-40-41-29-30-47-52(55(41)58(54(39)40)49(38)32-35)42-17-4-8-23-46(42)56(47)44-21-6-2-15-36(44)37-16-3-7-22-45(37)56/h2-32H,1H3. The van der Waals surface area contributed by atoms with Crippen LogP contribution in [0.2, 0.25) is 0 Å². The van der Waals surface area contributed by atoms with Crippen molar-refractivity contribution in [1.82, 2.24) is 4.40 Å². The largest absolute Gasteiger partial charge is 0.456 e. The van der Waals surface area contributed by atoms with E-state index in [4.69, 9.17) is 4.42 Å². The molecule has 3 aromatic heterocycles. The van der Waals surface area contributed by atoms with Gasteiger partial charge >= 0.3 is 0 Å². The first-order valence-electron chi connectivity index (χ1n) is 20.5. The third-order valence-corrected chi connectivity index (χ3v) is 13.6. The molecule has 9 aromatic carbocycles. The van der Waals surface area contributed by atoms with Gasteiger partial charge < -0.3 is 13.7 Å². The summed E-state index contributed by atoms with van der Waals surface area (Å²) >= 11 is 0. The van der Waals surface area contributed by atoms with Gasteiger partial charge in [-0.15, -0.1) is 0 Å². The molecule has 0 atom stereocenters. The highest BCUT2D eigenvalue weighted by Gasteiger charge is 2.52. The zero-order chi connectivity index (χ0) is 38.6. The van der Waals surface area contributed by atoms with Gasteiger partial charge in [-0.1, -0.05) is 146 Å². The second-order valence-corrected chi connectivity index (χ2v) is 16.4. The number of rotatable bonds is 3. The summed E-state index contributed by atoms with van der Waals surface area (Å²) in [7, 11) is 0. The molecular weight excluding hydrogens is 717 g/mol. The van der Waals surface area contributed by atoms with Gasteiger partial charge in [-0.25, -0.2) is 0 Å². The van der Waals surface area contributed by atoms with Gasteiger partial charge in [0.25, 0.3) is 0 Å². The number of aryl methyl sites for hydroxylation is 1. The summed E-state index contributed by atoms with van der Waals surface area (Å²) in [5.74, 6) is 0. The molecule has 0 saturated heterocycles. The van der Waals surface area contributed by atoms with Gasteiger partial charge in [-0.3, -0.25) is 0 Å². The third-order valence-electron chi connectivity index (χ3n) is 13.6. The number of hydrogen-bond acceptors (Lipinski definition) is 2. The van der Waals surface area contributed by atoms with Crippen LogP contribution in [0.25, 0.3) is 82.3 Å². The number of hydrogen-bond donors (Lipinski definition) is 0. The Kier molecular flexibility index (Phi) is 5.90. The Hall–Kier alpha value is -7.62. The summed E-state index contributed by atoms with van der Waals surface area (Å²) in [4.78, 5) is 2.42. The molecular formula is C56H34N2O. The molecule has 2 aliphatic carbocycles. The van der Waals surface area contributed by atoms with Crippen molar-refractivity contribution in [2.45, 2.75) is 12.3 Å². The first-order valence-corrected chi connectivity index (χ1v) is 20.5. The molecule has 12 aromatic rings. The Labute approximate surface area is 339 Å². The van der Waals surface area contributed by atoms with Gasteiger partial charge in [0.05, 0.1) is 33.0 Å². The lowest BCUT2D eigenvalue weighted by Crippen LogP contribution is -2.25. The van der Waals surface area contributed by atoms with Crippen molar-refractivity contribution >= 4 is 77.1 Å². The molecule has 274 valence electrons. The molecule has 3 heteroatoms. The Morgan fingerprint density at radius 1 is 0.441 bits per heavy atom. The van der Waals surface area contributed by atoms with Crippen LogP contribution in [-0.4, -0.2) is 4.40 Å². The Morgan fingerprint density at radius 3 is 1.83 bits per heavy atom. The summed E-state index contributed by atoms with van der Waals surface area (Å²) in [5, 5.41) is 7.32. The molecule has 14 rings (SSSR count). The van der Waals surface area contributed by atoms with Crippen molar-refractivity contribution < 1.29 is 4.42 Å². The molecule has 59 heavy (non-hydrogen) atoms. The lowest BCUT2D eigenvalue weighted by molar-refractivity contribution is 0.669. The Balaban J connectivity index is 1.12. The third kappa shape index (κ3) is 3.79. The molecule has 0 bridgehead atoms. The van der Waals surface area contributed by atoms with Gasteiger partial charge in [0.2, 0.25) is 0 Å². The van der Waals surface area contributed by atoms with Gasteiger partial charge in [0.15, 0.2) is 0 Å². The number of para-hydroxylation sites is 2. The van der Waals surface area contributed by atoms with Crippen molar-refractivity contribution in [3.63, 3.8) is 0 Å². The lowest BCUT2D eigenvalue weighted by Gasteiger charge is -2.30. The normalized spacial score (nSPS) is 13.6. The van der Waals surface area contributed by atoms with E-state index in [-0.39, 0.29) is 0 Å². The van der Waals surface area contributed by atoms with E-state index >= 15 is 0 Å². The fourth-order valence-corrected chi connectivity index (χ4v) is 11.4. The van der Waals surface area contributed by atoms with Crippen molar-refractivity contribution in [1.29, 1.82) is 0 Å². The Morgan fingerprint density at radius 2 is 1.03 bits per heavy atom.